The summed E-state index contributed by atoms with van der Waals surface area (Å²) >= 11 is 0. The maximum absolute atomic E-state index is 13.3. The monoisotopic (exact) mass is 452 g/mol. The smallest absolute Gasteiger partial charge is 0.360 e. The van der Waals surface area contributed by atoms with E-state index in [2.05, 4.69) is 20.8 Å². The van der Waals surface area contributed by atoms with Gasteiger partial charge < -0.3 is 4.74 Å². The van der Waals surface area contributed by atoms with E-state index < -0.39 is 19.6 Å². The van der Waals surface area contributed by atoms with Crippen LogP contribution in [-0.2, 0) is 23.9 Å². The van der Waals surface area contributed by atoms with Gasteiger partial charge in [0.25, 0.3) is 0 Å². The molecule has 0 saturated heterocycles. The first-order valence-electron chi connectivity index (χ1n) is 10.6. The Balaban J connectivity index is 3.22. The lowest BCUT2D eigenvalue weighted by Gasteiger charge is -2.30. The van der Waals surface area contributed by atoms with Crippen LogP contribution in [0.2, 0.25) is 0 Å². The zero-order chi connectivity index (χ0) is 23.8. The second-order valence-electron chi connectivity index (χ2n) is 9.76. The normalized spacial score (nSPS) is 14.8. The average Bonchev–Trinajstić information content (AvgIpc) is 2.61. The third-order valence-corrected chi connectivity index (χ3v) is 5.99. The molecule has 0 fully saturated rings. The van der Waals surface area contributed by atoms with E-state index >= 15 is 0 Å². The maximum atomic E-state index is 13.3. The Kier molecular flexibility index (Phi) is 10.5. The summed E-state index contributed by atoms with van der Waals surface area (Å²) < 4.78 is 17.3. The Morgan fingerprint density at radius 2 is 1.61 bits per heavy atom. The van der Waals surface area contributed by atoms with E-state index in [0.29, 0.717) is 5.56 Å². The molecule has 0 amide bonds. The van der Waals surface area contributed by atoms with Crippen molar-refractivity contribution in [3.8, 4) is 0 Å². The molecule has 1 aromatic rings. The Morgan fingerprint density at radius 1 is 1.03 bits per heavy atom. The summed E-state index contributed by atoms with van der Waals surface area (Å²) in [5.74, 6) is -0.979. The van der Waals surface area contributed by atoms with Gasteiger partial charge in [0.05, 0.1) is 6.61 Å². The summed E-state index contributed by atoms with van der Waals surface area (Å²) in [5.41, 5.74) is 3.33. The molecule has 0 bridgehead atoms. The van der Waals surface area contributed by atoms with Gasteiger partial charge in [-0.1, -0.05) is 45.4 Å². The first-order chi connectivity index (χ1) is 14.3. The van der Waals surface area contributed by atoms with Crippen LogP contribution in [0.5, 0.6) is 0 Å². The van der Waals surface area contributed by atoms with Gasteiger partial charge in [0, 0.05) is 19.1 Å². The fraction of sp³-hybridized carbons (Fsp3) is 0.667. The van der Waals surface area contributed by atoms with E-state index in [0.717, 1.165) is 23.1 Å². The molecule has 31 heavy (non-hydrogen) atoms. The van der Waals surface area contributed by atoms with Crippen LogP contribution in [0.15, 0.2) is 12.1 Å². The van der Waals surface area contributed by atoms with Crippen molar-refractivity contribution < 1.29 is 28.7 Å². The van der Waals surface area contributed by atoms with Crippen molar-refractivity contribution >= 4 is 20.2 Å². The summed E-state index contributed by atoms with van der Waals surface area (Å²) in [5, 5.41) is -1.52. The van der Waals surface area contributed by atoms with Crippen molar-refractivity contribution in [2.24, 2.45) is 11.3 Å². The first-order valence-corrected chi connectivity index (χ1v) is 11.4. The van der Waals surface area contributed by atoms with Crippen LogP contribution in [-0.4, -0.2) is 37.2 Å². The van der Waals surface area contributed by atoms with E-state index in [4.69, 9.17) is 14.5 Å². The molecule has 0 aliphatic carbocycles. The van der Waals surface area contributed by atoms with Crippen molar-refractivity contribution in [2.75, 3.05) is 20.3 Å². The Labute approximate surface area is 188 Å². The minimum Gasteiger partial charge on any atom is -0.382 e. The van der Waals surface area contributed by atoms with Gasteiger partial charge in [0.2, 0.25) is 0 Å². The molecule has 0 aliphatic heterocycles. The van der Waals surface area contributed by atoms with Crippen LogP contribution >= 0.6 is 8.46 Å². The maximum Gasteiger partial charge on any atom is 0.360 e. The number of ketones is 1. The third kappa shape index (κ3) is 8.44. The average molecular weight is 453 g/mol. The van der Waals surface area contributed by atoms with E-state index in [-0.39, 0.29) is 43.2 Å². The predicted molar refractivity (Wildman–Crippen MR) is 122 cm³/mol. The zero-order valence-corrected chi connectivity index (χ0v) is 21.1. The summed E-state index contributed by atoms with van der Waals surface area (Å²) in [7, 11) is 1.05. The van der Waals surface area contributed by atoms with E-state index in [9.17, 15) is 14.2 Å². The van der Waals surface area contributed by atoms with Gasteiger partial charge in [-0.25, -0.2) is 4.79 Å². The Hall–Kier alpha value is -1.62. The topological polar surface area (TPSA) is 78.9 Å². The molecule has 6 nitrogen and oxygen atoms in total. The molecule has 0 aromatic heterocycles. The van der Waals surface area contributed by atoms with Crippen LogP contribution in [0.3, 0.4) is 0 Å². The van der Waals surface area contributed by atoms with E-state index in [1.807, 2.05) is 39.8 Å². The number of hydrogen-bond acceptors (Lipinski definition) is 6. The molecule has 174 valence electrons. The fourth-order valence-electron chi connectivity index (χ4n) is 4.29. The summed E-state index contributed by atoms with van der Waals surface area (Å²) in [4.78, 5) is 36.2. The first kappa shape index (κ1) is 27.4. The molecule has 0 radical (unpaired) electrons. The number of carbonyl (C=O) groups excluding carboxylic acids is 2. The fourth-order valence-corrected chi connectivity index (χ4v) is 5.00. The van der Waals surface area contributed by atoms with Gasteiger partial charge in [-0.2, -0.15) is 4.89 Å². The molecule has 2 unspecified atom stereocenters. The lowest BCUT2D eigenvalue weighted by Crippen LogP contribution is -2.39. The Bertz CT molecular complexity index is 760. The molecule has 7 heteroatoms. The number of carbonyl (C=O) groups is 2. The van der Waals surface area contributed by atoms with Crippen molar-refractivity contribution in [1.82, 2.24) is 0 Å². The van der Waals surface area contributed by atoms with E-state index in [1.54, 1.807) is 0 Å². The largest absolute Gasteiger partial charge is 0.382 e. The molecule has 0 heterocycles. The lowest BCUT2D eigenvalue weighted by atomic mass is 9.79. The van der Waals surface area contributed by atoms with Crippen LogP contribution in [0.4, 0.5) is 0 Å². The van der Waals surface area contributed by atoms with Crippen LogP contribution < -0.4 is 0 Å². The van der Waals surface area contributed by atoms with Gasteiger partial charge >= 0.3 is 5.97 Å². The number of aryl methyl sites for hydroxylation is 3. The molecule has 0 N–H and O–H groups in total. The summed E-state index contributed by atoms with van der Waals surface area (Å²) in [6.07, 6.45) is 0.833. The highest BCUT2D eigenvalue weighted by atomic mass is 31.1. The van der Waals surface area contributed by atoms with Crippen molar-refractivity contribution in [2.45, 2.75) is 72.9 Å². The van der Waals surface area contributed by atoms with Gasteiger partial charge in [-0.15, -0.1) is 0 Å². The second kappa shape index (κ2) is 11.8. The molecule has 1 rings (SSSR count). The Morgan fingerprint density at radius 3 is 2.10 bits per heavy atom. The van der Waals surface area contributed by atoms with Crippen LogP contribution in [0.1, 0.15) is 74.0 Å². The lowest BCUT2D eigenvalue weighted by molar-refractivity contribution is -0.278. The second-order valence-corrected chi connectivity index (χ2v) is 10.8. The highest BCUT2D eigenvalue weighted by Crippen LogP contribution is 2.40. The number of rotatable bonds is 12. The quantitative estimate of drug-likeness (QED) is 0.131. The number of benzene rings is 1. The molecular formula is C24H37O6P. The van der Waals surface area contributed by atoms with E-state index in [1.165, 1.54) is 7.11 Å². The number of methoxy groups -OCH3 is 1. The summed E-state index contributed by atoms with van der Waals surface area (Å²) in [6.45, 7) is 14.3. The minimum atomic E-state index is -1.52. The standard InChI is InChI=1S/C24H37O6P/c1-16-11-18(3)21(19(4)12-16)20(25)15-24(31-27,14-17(2)13-23(5,6)7)22(26)30-29-10-9-28-8/h11-12,17H,9-10,13-15H2,1-8H3. The SMILES string of the molecule is COCCOOC(=O)C(CC(=O)c1c(C)cc(C)cc1C)(CC(C)CC(C)(C)C)P=O. The van der Waals surface area contributed by atoms with Crippen LogP contribution in [0, 0.1) is 32.1 Å². The highest BCUT2D eigenvalue weighted by molar-refractivity contribution is 7.28. The summed E-state index contributed by atoms with van der Waals surface area (Å²) in [6, 6.07) is 3.87. The van der Waals surface area contributed by atoms with Crippen molar-refractivity contribution in [3.63, 3.8) is 0 Å². The third-order valence-electron chi connectivity index (χ3n) is 5.12. The molecule has 2 atom stereocenters. The molecule has 0 aliphatic rings. The molecule has 1 aromatic carbocycles. The number of ether oxygens (including phenoxy) is 1. The predicted octanol–water partition coefficient (Wildman–Crippen LogP) is 5.80. The van der Waals surface area contributed by atoms with Gasteiger partial charge in [0.15, 0.2) is 19.4 Å². The molecule has 0 saturated carbocycles. The van der Waals surface area contributed by atoms with Gasteiger partial charge in [-0.3, -0.25) is 14.2 Å². The molecular weight excluding hydrogens is 415 g/mol. The van der Waals surface area contributed by atoms with Crippen molar-refractivity contribution in [1.29, 1.82) is 0 Å². The highest BCUT2D eigenvalue weighted by Gasteiger charge is 2.46. The zero-order valence-electron chi connectivity index (χ0n) is 20.2. The minimum absolute atomic E-state index is 0.0257. The number of Topliss-reactive ketones (excluding diaryl/α,β-unsaturated/α-hetero) is 1. The van der Waals surface area contributed by atoms with Crippen LogP contribution in [0.25, 0.3) is 0 Å². The van der Waals surface area contributed by atoms with Gasteiger partial charge in [-0.05, 0) is 56.1 Å². The number of hydrogen-bond donors (Lipinski definition) is 0. The van der Waals surface area contributed by atoms with Crippen molar-refractivity contribution in [3.05, 3.63) is 34.4 Å². The molecule has 0 spiro atoms. The van der Waals surface area contributed by atoms with Gasteiger partial charge in [0.1, 0.15) is 6.61 Å².